The van der Waals surface area contributed by atoms with Gasteiger partial charge in [0.05, 0.1) is 14.2 Å². The van der Waals surface area contributed by atoms with Crippen LogP contribution in [0.3, 0.4) is 0 Å². The molecule has 0 heterocycles. The van der Waals surface area contributed by atoms with E-state index >= 15 is 0 Å². The summed E-state index contributed by atoms with van der Waals surface area (Å²) in [6, 6.07) is 12.8. The summed E-state index contributed by atoms with van der Waals surface area (Å²) in [6.45, 7) is 3.87. The maximum Gasteiger partial charge on any atom is 0.346 e. The topological polar surface area (TPSA) is 73.9 Å². The molecule has 26 heavy (non-hydrogen) atoms. The Bertz CT molecular complexity index is 748. The number of carbonyl (C=O) groups is 2. The molecule has 2 aromatic rings. The van der Waals surface area contributed by atoms with E-state index in [1.165, 1.54) is 21.1 Å². The van der Waals surface area contributed by atoms with E-state index in [0.29, 0.717) is 18.0 Å². The minimum absolute atomic E-state index is 0.149. The van der Waals surface area contributed by atoms with Crippen molar-refractivity contribution in [3.05, 3.63) is 59.2 Å². The van der Waals surface area contributed by atoms with Crippen molar-refractivity contribution in [2.24, 2.45) is 0 Å². The van der Waals surface area contributed by atoms with Gasteiger partial charge >= 0.3 is 5.97 Å². The van der Waals surface area contributed by atoms with Gasteiger partial charge in [-0.3, -0.25) is 4.79 Å². The van der Waals surface area contributed by atoms with E-state index < -0.39 is 12.1 Å². The fourth-order valence-electron chi connectivity index (χ4n) is 2.36. The Morgan fingerprint density at radius 3 is 2.12 bits per heavy atom. The molecule has 2 rings (SSSR count). The Hall–Kier alpha value is -3.02. The van der Waals surface area contributed by atoms with E-state index in [1.807, 2.05) is 31.2 Å². The summed E-state index contributed by atoms with van der Waals surface area (Å²) < 4.78 is 15.6. The molecule has 1 N–H and O–H groups in total. The molecule has 6 nitrogen and oxygen atoms in total. The van der Waals surface area contributed by atoms with Crippen LogP contribution >= 0.6 is 0 Å². The third-order valence-corrected chi connectivity index (χ3v) is 3.87. The second kappa shape index (κ2) is 8.89. The highest BCUT2D eigenvalue weighted by Crippen LogP contribution is 2.29. The number of amides is 1. The van der Waals surface area contributed by atoms with Gasteiger partial charge in [-0.2, -0.15) is 0 Å². The van der Waals surface area contributed by atoms with Crippen molar-refractivity contribution in [1.29, 1.82) is 0 Å². The highest BCUT2D eigenvalue weighted by Gasteiger charge is 2.24. The highest BCUT2D eigenvalue weighted by molar-refractivity contribution is 5.97. The zero-order valence-corrected chi connectivity index (χ0v) is 15.4. The number of carbonyl (C=O) groups excluding carboxylic acids is 2. The number of ether oxygens (including phenoxy) is 3. The first-order chi connectivity index (χ1) is 12.5. The molecule has 0 radical (unpaired) electrons. The number of hydrogen-bond acceptors (Lipinski definition) is 5. The van der Waals surface area contributed by atoms with Crippen molar-refractivity contribution in [3.8, 4) is 11.5 Å². The van der Waals surface area contributed by atoms with Crippen LogP contribution in [0.4, 0.5) is 0 Å². The average Bonchev–Trinajstić information content (AvgIpc) is 2.66. The van der Waals surface area contributed by atoms with Crippen LogP contribution in [0.1, 0.15) is 28.4 Å². The molecule has 1 amide bonds. The van der Waals surface area contributed by atoms with Crippen molar-refractivity contribution in [2.75, 3.05) is 14.2 Å². The Morgan fingerprint density at radius 2 is 1.58 bits per heavy atom. The van der Waals surface area contributed by atoms with Gasteiger partial charge in [-0.05, 0) is 31.5 Å². The number of nitrogens with one attached hydrogen (secondary N) is 1. The van der Waals surface area contributed by atoms with Crippen LogP contribution in [0.15, 0.2) is 42.5 Å². The standard InChI is InChI=1S/C20H23NO5/c1-13-8-10-15(11-9-13)12-21-19(22)14(2)26-20(23)18-16(24-3)6-5-7-17(18)25-4/h5-11,14H,12H2,1-4H3,(H,21,22). The normalized spacial score (nSPS) is 11.4. The SMILES string of the molecule is COc1cccc(OC)c1C(=O)OC(C)C(=O)NCc1ccc(C)cc1. The summed E-state index contributed by atoms with van der Waals surface area (Å²) in [5.74, 6) is -0.423. The molecule has 0 bridgehead atoms. The molecule has 1 unspecified atom stereocenters. The first-order valence-corrected chi connectivity index (χ1v) is 8.21. The van der Waals surface area contributed by atoms with Gasteiger partial charge in [-0.15, -0.1) is 0 Å². The molecule has 0 aliphatic heterocycles. The molecule has 138 valence electrons. The zero-order valence-electron chi connectivity index (χ0n) is 15.4. The lowest BCUT2D eigenvalue weighted by atomic mass is 10.1. The molecule has 1 atom stereocenters. The summed E-state index contributed by atoms with van der Waals surface area (Å²) in [6.07, 6.45) is -0.956. The van der Waals surface area contributed by atoms with Gasteiger partial charge in [-0.25, -0.2) is 4.79 Å². The van der Waals surface area contributed by atoms with E-state index in [4.69, 9.17) is 14.2 Å². The number of hydrogen-bond donors (Lipinski definition) is 1. The summed E-state index contributed by atoms with van der Waals surface area (Å²) in [5, 5.41) is 2.75. The Morgan fingerprint density at radius 1 is 1.00 bits per heavy atom. The van der Waals surface area contributed by atoms with E-state index in [9.17, 15) is 9.59 Å². The minimum Gasteiger partial charge on any atom is -0.496 e. The maximum atomic E-state index is 12.5. The lowest BCUT2D eigenvalue weighted by Gasteiger charge is -2.16. The van der Waals surface area contributed by atoms with Gasteiger partial charge in [-0.1, -0.05) is 35.9 Å². The molecular weight excluding hydrogens is 334 g/mol. The number of methoxy groups -OCH3 is 2. The van der Waals surface area contributed by atoms with Crippen molar-refractivity contribution >= 4 is 11.9 Å². The maximum absolute atomic E-state index is 12.5. The van der Waals surface area contributed by atoms with E-state index in [2.05, 4.69) is 5.32 Å². The van der Waals surface area contributed by atoms with E-state index in [1.54, 1.807) is 18.2 Å². The number of benzene rings is 2. The summed E-state index contributed by atoms with van der Waals surface area (Å²) in [7, 11) is 2.90. The van der Waals surface area contributed by atoms with Crippen LogP contribution in [0.25, 0.3) is 0 Å². The molecular formula is C20H23NO5. The second-order valence-electron chi connectivity index (χ2n) is 5.79. The number of rotatable bonds is 7. The summed E-state index contributed by atoms with van der Waals surface area (Å²) in [4.78, 5) is 24.7. The summed E-state index contributed by atoms with van der Waals surface area (Å²) in [5.41, 5.74) is 2.26. The monoisotopic (exact) mass is 357 g/mol. The van der Waals surface area contributed by atoms with Crippen LogP contribution in [0.5, 0.6) is 11.5 Å². The molecule has 0 saturated carbocycles. The zero-order chi connectivity index (χ0) is 19.1. The average molecular weight is 357 g/mol. The van der Waals surface area contributed by atoms with Crippen LogP contribution in [0, 0.1) is 6.92 Å². The largest absolute Gasteiger partial charge is 0.496 e. The number of esters is 1. The minimum atomic E-state index is -0.956. The first kappa shape index (κ1) is 19.3. The molecule has 0 aliphatic rings. The Labute approximate surface area is 153 Å². The molecule has 6 heteroatoms. The molecule has 0 fully saturated rings. The fourth-order valence-corrected chi connectivity index (χ4v) is 2.36. The third kappa shape index (κ3) is 4.75. The Balaban J connectivity index is 2.00. The van der Waals surface area contributed by atoms with Gasteiger partial charge in [0.1, 0.15) is 17.1 Å². The Kier molecular flexibility index (Phi) is 6.60. The predicted octanol–water partition coefficient (Wildman–Crippen LogP) is 2.87. The lowest BCUT2D eigenvalue weighted by Crippen LogP contribution is -2.35. The molecule has 0 saturated heterocycles. The molecule has 0 aliphatic carbocycles. The smallest absolute Gasteiger partial charge is 0.346 e. The van der Waals surface area contributed by atoms with Crippen molar-refractivity contribution < 1.29 is 23.8 Å². The van der Waals surface area contributed by atoms with Crippen LogP contribution < -0.4 is 14.8 Å². The van der Waals surface area contributed by atoms with Crippen molar-refractivity contribution in [1.82, 2.24) is 5.32 Å². The lowest BCUT2D eigenvalue weighted by molar-refractivity contribution is -0.129. The van der Waals surface area contributed by atoms with Gasteiger partial charge in [0, 0.05) is 6.54 Å². The predicted molar refractivity (Wildman–Crippen MR) is 97.4 cm³/mol. The van der Waals surface area contributed by atoms with E-state index in [0.717, 1.165) is 11.1 Å². The van der Waals surface area contributed by atoms with Gasteiger partial charge in [0.15, 0.2) is 6.10 Å². The highest BCUT2D eigenvalue weighted by atomic mass is 16.6. The fraction of sp³-hybridized carbons (Fsp3) is 0.300. The van der Waals surface area contributed by atoms with Gasteiger partial charge < -0.3 is 19.5 Å². The van der Waals surface area contributed by atoms with Crippen LogP contribution in [-0.2, 0) is 16.1 Å². The van der Waals surface area contributed by atoms with Crippen LogP contribution in [0.2, 0.25) is 0 Å². The molecule has 0 aromatic heterocycles. The quantitative estimate of drug-likeness (QED) is 0.772. The first-order valence-electron chi connectivity index (χ1n) is 8.21. The summed E-state index contributed by atoms with van der Waals surface area (Å²) >= 11 is 0. The molecule has 0 spiro atoms. The van der Waals surface area contributed by atoms with E-state index in [-0.39, 0.29) is 11.5 Å². The van der Waals surface area contributed by atoms with Crippen molar-refractivity contribution in [2.45, 2.75) is 26.5 Å². The second-order valence-corrected chi connectivity index (χ2v) is 5.79. The molecule has 2 aromatic carbocycles. The van der Waals surface area contributed by atoms with Crippen LogP contribution in [-0.4, -0.2) is 32.2 Å². The van der Waals surface area contributed by atoms with Gasteiger partial charge in [0.2, 0.25) is 0 Å². The van der Waals surface area contributed by atoms with Crippen molar-refractivity contribution in [3.63, 3.8) is 0 Å². The number of aryl methyl sites for hydroxylation is 1. The van der Waals surface area contributed by atoms with Gasteiger partial charge in [0.25, 0.3) is 5.91 Å². The third-order valence-electron chi connectivity index (χ3n) is 3.87.